The second-order valence-corrected chi connectivity index (χ2v) is 7.98. The molecule has 7 heteroatoms. The molecular formula is C25H27FN4O2. The van der Waals surface area contributed by atoms with Crippen LogP contribution in [-0.2, 0) is 13.1 Å². The van der Waals surface area contributed by atoms with Crippen LogP contribution in [0.3, 0.4) is 0 Å². The van der Waals surface area contributed by atoms with E-state index in [9.17, 15) is 9.18 Å². The standard InChI is InChI=1S/C25H27FN4O2/c1-17-21(25(31)28-14-19-6-3-4-8-23(19)32-2)15-27-24(29-17)22-7-5-13-30(22)16-18-9-11-20(26)12-10-18/h3-4,6,8-12,15,22H,5,7,13-14,16H2,1-2H3,(H,28,31). The molecular weight excluding hydrogens is 407 g/mol. The Morgan fingerprint density at radius 1 is 1.22 bits per heavy atom. The molecule has 0 spiro atoms. The fraction of sp³-hybridized carbons (Fsp3) is 0.320. The maximum Gasteiger partial charge on any atom is 0.254 e. The first-order chi connectivity index (χ1) is 15.5. The number of aryl methyl sites for hydroxylation is 1. The van der Waals surface area contributed by atoms with Crippen molar-refractivity contribution in [3.8, 4) is 5.75 Å². The number of nitrogens with zero attached hydrogens (tertiary/aromatic N) is 3. The van der Waals surface area contributed by atoms with Crippen molar-refractivity contribution in [3.05, 3.63) is 88.8 Å². The van der Waals surface area contributed by atoms with Gasteiger partial charge in [-0.25, -0.2) is 14.4 Å². The molecule has 2 aromatic carbocycles. The Morgan fingerprint density at radius 2 is 2.00 bits per heavy atom. The molecule has 6 nitrogen and oxygen atoms in total. The van der Waals surface area contributed by atoms with Crippen molar-refractivity contribution in [1.29, 1.82) is 0 Å². The van der Waals surface area contributed by atoms with Crippen LogP contribution in [0, 0.1) is 12.7 Å². The SMILES string of the molecule is COc1ccccc1CNC(=O)c1cnc(C2CCCN2Cc2ccc(F)cc2)nc1C. The third-order valence-electron chi connectivity index (χ3n) is 5.84. The monoisotopic (exact) mass is 434 g/mol. The zero-order valence-electron chi connectivity index (χ0n) is 18.3. The van der Waals surface area contributed by atoms with E-state index >= 15 is 0 Å². The van der Waals surface area contributed by atoms with Gasteiger partial charge in [-0.3, -0.25) is 9.69 Å². The first-order valence-electron chi connectivity index (χ1n) is 10.8. The predicted octanol–water partition coefficient (Wildman–Crippen LogP) is 4.20. The van der Waals surface area contributed by atoms with E-state index in [1.54, 1.807) is 13.3 Å². The zero-order valence-corrected chi connectivity index (χ0v) is 18.3. The van der Waals surface area contributed by atoms with Gasteiger partial charge in [-0.1, -0.05) is 30.3 Å². The summed E-state index contributed by atoms with van der Waals surface area (Å²) in [6.07, 6.45) is 3.62. The average molecular weight is 435 g/mol. The summed E-state index contributed by atoms with van der Waals surface area (Å²) < 4.78 is 18.5. The summed E-state index contributed by atoms with van der Waals surface area (Å²) in [5.41, 5.74) is 3.08. The van der Waals surface area contributed by atoms with Gasteiger partial charge in [0, 0.05) is 24.8 Å². The Labute approximate surface area is 187 Å². The normalized spacial score (nSPS) is 16.2. The van der Waals surface area contributed by atoms with Crippen LogP contribution in [0.4, 0.5) is 4.39 Å². The largest absolute Gasteiger partial charge is 0.496 e. The average Bonchev–Trinajstić information content (AvgIpc) is 3.27. The molecule has 1 aliphatic heterocycles. The predicted molar refractivity (Wildman–Crippen MR) is 120 cm³/mol. The number of hydrogen-bond acceptors (Lipinski definition) is 5. The summed E-state index contributed by atoms with van der Waals surface area (Å²) in [6, 6.07) is 14.3. The van der Waals surface area contributed by atoms with E-state index in [2.05, 4.69) is 20.2 Å². The van der Waals surface area contributed by atoms with Crippen molar-refractivity contribution in [1.82, 2.24) is 20.2 Å². The van der Waals surface area contributed by atoms with Crippen LogP contribution in [0.2, 0.25) is 0 Å². The van der Waals surface area contributed by atoms with Crippen LogP contribution >= 0.6 is 0 Å². The molecule has 2 heterocycles. The molecule has 1 fully saturated rings. The molecule has 32 heavy (non-hydrogen) atoms. The van der Waals surface area contributed by atoms with E-state index < -0.39 is 0 Å². The molecule has 1 unspecified atom stereocenters. The van der Waals surface area contributed by atoms with Crippen LogP contribution in [-0.4, -0.2) is 34.4 Å². The number of benzene rings is 2. The second-order valence-electron chi connectivity index (χ2n) is 7.98. The molecule has 1 aliphatic rings. The van der Waals surface area contributed by atoms with Gasteiger partial charge in [0.15, 0.2) is 0 Å². The summed E-state index contributed by atoms with van der Waals surface area (Å²) in [5, 5.41) is 2.93. The summed E-state index contributed by atoms with van der Waals surface area (Å²) >= 11 is 0. The molecule has 4 rings (SSSR count). The Morgan fingerprint density at radius 3 is 2.75 bits per heavy atom. The van der Waals surface area contributed by atoms with E-state index in [4.69, 9.17) is 4.74 Å². The smallest absolute Gasteiger partial charge is 0.254 e. The first kappa shape index (κ1) is 21.9. The lowest BCUT2D eigenvalue weighted by Gasteiger charge is -2.23. The molecule has 1 saturated heterocycles. The minimum Gasteiger partial charge on any atom is -0.496 e. The molecule has 1 aromatic heterocycles. The van der Waals surface area contributed by atoms with E-state index in [-0.39, 0.29) is 17.8 Å². The van der Waals surface area contributed by atoms with Gasteiger partial charge in [-0.2, -0.15) is 0 Å². The lowest BCUT2D eigenvalue weighted by molar-refractivity contribution is 0.0949. The van der Waals surface area contributed by atoms with E-state index in [0.717, 1.165) is 42.1 Å². The highest BCUT2D eigenvalue weighted by molar-refractivity contribution is 5.94. The number of amides is 1. The minimum absolute atomic E-state index is 0.0874. The first-order valence-corrected chi connectivity index (χ1v) is 10.8. The summed E-state index contributed by atoms with van der Waals surface area (Å²) in [6.45, 7) is 3.85. The van der Waals surface area contributed by atoms with Crippen molar-refractivity contribution in [2.45, 2.75) is 38.9 Å². The number of carbonyl (C=O) groups is 1. The summed E-state index contributed by atoms with van der Waals surface area (Å²) in [7, 11) is 1.61. The summed E-state index contributed by atoms with van der Waals surface area (Å²) in [5.74, 6) is 1.02. The fourth-order valence-corrected chi connectivity index (χ4v) is 4.12. The molecule has 0 radical (unpaired) electrons. The highest BCUT2D eigenvalue weighted by atomic mass is 19.1. The molecule has 0 saturated carbocycles. The van der Waals surface area contributed by atoms with E-state index in [1.165, 1.54) is 12.1 Å². The van der Waals surface area contributed by atoms with Gasteiger partial charge in [0.25, 0.3) is 5.91 Å². The molecule has 3 aromatic rings. The number of likely N-dealkylation sites (tertiary alicyclic amines) is 1. The maximum absolute atomic E-state index is 13.2. The molecule has 0 bridgehead atoms. The topological polar surface area (TPSA) is 67.3 Å². The fourth-order valence-electron chi connectivity index (χ4n) is 4.12. The van der Waals surface area contributed by atoms with Gasteiger partial charge >= 0.3 is 0 Å². The van der Waals surface area contributed by atoms with Gasteiger partial charge in [-0.15, -0.1) is 0 Å². The van der Waals surface area contributed by atoms with Gasteiger partial charge < -0.3 is 10.1 Å². The van der Waals surface area contributed by atoms with Crippen LogP contribution in [0.1, 0.15) is 51.9 Å². The number of hydrogen-bond donors (Lipinski definition) is 1. The Balaban J connectivity index is 1.44. The highest BCUT2D eigenvalue weighted by Crippen LogP contribution is 2.31. The lowest BCUT2D eigenvalue weighted by Crippen LogP contribution is -2.27. The van der Waals surface area contributed by atoms with Crippen molar-refractivity contribution >= 4 is 5.91 Å². The number of carbonyl (C=O) groups excluding carboxylic acids is 1. The molecule has 1 atom stereocenters. The highest BCUT2D eigenvalue weighted by Gasteiger charge is 2.29. The van der Waals surface area contributed by atoms with Crippen LogP contribution in [0.25, 0.3) is 0 Å². The third-order valence-corrected chi connectivity index (χ3v) is 5.84. The quantitative estimate of drug-likeness (QED) is 0.604. The summed E-state index contributed by atoms with van der Waals surface area (Å²) in [4.78, 5) is 24.3. The van der Waals surface area contributed by atoms with E-state index in [0.29, 0.717) is 24.3 Å². The minimum atomic E-state index is -0.231. The van der Waals surface area contributed by atoms with Gasteiger partial charge in [0.1, 0.15) is 17.4 Å². The molecule has 0 aliphatic carbocycles. The van der Waals surface area contributed by atoms with Gasteiger partial charge in [0.05, 0.1) is 24.4 Å². The number of nitrogens with one attached hydrogen (secondary N) is 1. The Kier molecular flexibility index (Phi) is 6.75. The maximum atomic E-state index is 13.2. The Hall–Kier alpha value is -3.32. The number of methoxy groups -OCH3 is 1. The van der Waals surface area contributed by atoms with E-state index in [1.807, 2.05) is 43.3 Å². The lowest BCUT2D eigenvalue weighted by atomic mass is 10.1. The zero-order chi connectivity index (χ0) is 22.5. The van der Waals surface area contributed by atoms with Crippen LogP contribution in [0.15, 0.2) is 54.7 Å². The molecule has 166 valence electrons. The van der Waals surface area contributed by atoms with Crippen molar-refractivity contribution in [2.24, 2.45) is 0 Å². The molecule has 1 N–H and O–H groups in total. The number of aromatic nitrogens is 2. The number of halogens is 1. The van der Waals surface area contributed by atoms with Gasteiger partial charge in [-0.05, 0) is 50.1 Å². The number of rotatable bonds is 7. The number of para-hydroxylation sites is 1. The van der Waals surface area contributed by atoms with Gasteiger partial charge in [0.2, 0.25) is 0 Å². The van der Waals surface area contributed by atoms with Crippen LogP contribution in [0.5, 0.6) is 5.75 Å². The van der Waals surface area contributed by atoms with Crippen molar-refractivity contribution in [3.63, 3.8) is 0 Å². The van der Waals surface area contributed by atoms with Crippen molar-refractivity contribution in [2.75, 3.05) is 13.7 Å². The second kappa shape index (κ2) is 9.87. The number of ether oxygens (including phenoxy) is 1. The van der Waals surface area contributed by atoms with Crippen LogP contribution < -0.4 is 10.1 Å². The third kappa shape index (κ3) is 4.94. The van der Waals surface area contributed by atoms with Crippen molar-refractivity contribution < 1.29 is 13.9 Å². The Bertz CT molecular complexity index is 1090. The molecule has 1 amide bonds.